The van der Waals surface area contributed by atoms with Crippen LogP contribution in [0.2, 0.25) is 0 Å². The molecule has 0 aromatic heterocycles. The third-order valence-electron chi connectivity index (χ3n) is 3.53. The molecule has 0 amide bonds. The molecule has 4 nitrogen and oxygen atoms in total. The Hall–Kier alpha value is -0.950. The van der Waals surface area contributed by atoms with Gasteiger partial charge in [-0.3, -0.25) is 0 Å². The number of nitrogens with zero attached hydrogens (tertiary/aromatic N) is 2. The Kier molecular flexibility index (Phi) is 1.85. The molecule has 2 fully saturated rings. The van der Waals surface area contributed by atoms with Gasteiger partial charge >= 0.3 is 0 Å². The van der Waals surface area contributed by atoms with Crippen molar-refractivity contribution in [3.8, 4) is 6.07 Å². The molecule has 13 heavy (non-hydrogen) atoms. The van der Waals surface area contributed by atoms with Crippen molar-refractivity contribution in [2.45, 2.75) is 37.8 Å². The van der Waals surface area contributed by atoms with Gasteiger partial charge in [-0.05, 0) is 24.4 Å². The lowest BCUT2D eigenvalue weighted by molar-refractivity contribution is -0.0888. The molecule has 1 aliphatic carbocycles. The van der Waals surface area contributed by atoms with Gasteiger partial charge in [0.2, 0.25) is 5.72 Å². The molecule has 1 unspecified atom stereocenters. The Bertz CT molecular complexity index is 267. The fourth-order valence-corrected chi connectivity index (χ4v) is 2.51. The van der Waals surface area contributed by atoms with Crippen LogP contribution in [0.5, 0.6) is 0 Å². The average Bonchev–Trinajstić information content (AvgIpc) is 2.44. The first-order valence-corrected chi connectivity index (χ1v) is 4.64. The molecule has 0 radical (unpaired) electrons. The Morgan fingerprint density at radius 1 is 1.46 bits per heavy atom. The fraction of sp³-hybridized carbons (Fsp3) is 0.889. The highest BCUT2D eigenvalue weighted by Gasteiger charge is 2.60. The second-order valence-electron chi connectivity index (χ2n) is 3.94. The molecule has 1 saturated carbocycles. The van der Waals surface area contributed by atoms with E-state index in [1.165, 1.54) is 0 Å². The fourth-order valence-electron chi connectivity index (χ4n) is 2.51. The zero-order chi connectivity index (χ0) is 9.36. The molecule has 1 spiro atoms. The largest absolute Gasteiger partial charge is 0.349 e. The molecule has 2 aliphatic rings. The van der Waals surface area contributed by atoms with E-state index in [4.69, 9.17) is 10.00 Å². The van der Waals surface area contributed by atoms with E-state index in [0.29, 0.717) is 6.61 Å². The molecule has 70 valence electrons. The van der Waals surface area contributed by atoms with Crippen LogP contribution in [0.15, 0.2) is 5.18 Å². The van der Waals surface area contributed by atoms with Crippen molar-refractivity contribution in [1.82, 2.24) is 0 Å². The maximum Gasteiger partial charge on any atom is 0.218 e. The molecule has 0 aromatic carbocycles. The van der Waals surface area contributed by atoms with E-state index < -0.39 is 5.72 Å². The van der Waals surface area contributed by atoms with Crippen molar-refractivity contribution in [2.24, 2.45) is 10.6 Å². The lowest BCUT2D eigenvalue weighted by Crippen LogP contribution is -2.47. The third kappa shape index (κ3) is 0.939. The minimum absolute atomic E-state index is 0.0928. The van der Waals surface area contributed by atoms with E-state index in [1.807, 2.05) is 6.07 Å². The molecule has 0 bridgehead atoms. The van der Waals surface area contributed by atoms with E-state index in [1.54, 1.807) is 0 Å². The first-order valence-electron chi connectivity index (χ1n) is 4.64. The van der Waals surface area contributed by atoms with Crippen molar-refractivity contribution in [2.75, 3.05) is 6.61 Å². The van der Waals surface area contributed by atoms with Crippen molar-refractivity contribution < 1.29 is 4.74 Å². The van der Waals surface area contributed by atoms with Gasteiger partial charge in [-0.15, -0.1) is 4.91 Å². The summed E-state index contributed by atoms with van der Waals surface area (Å²) in [5, 5.41) is 11.7. The van der Waals surface area contributed by atoms with Crippen molar-refractivity contribution in [3.63, 3.8) is 0 Å². The maximum atomic E-state index is 10.8. The summed E-state index contributed by atoms with van der Waals surface area (Å²) in [5.41, 5.74) is -1.11. The van der Waals surface area contributed by atoms with Crippen LogP contribution in [-0.2, 0) is 4.74 Å². The molecular weight excluding hydrogens is 168 g/mol. The van der Waals surface area contributed by atoms with Crippen LogP contribution >= 0.6 is 0 Å². The standard InChI is InChI=1S/C9H12N2O2/c10-6-4-9(11-12)8(2-1-3-8)5-7-13-9/h1-5,7H2. The van der Waals surface area contributed by atoms with Gasteiger partial charge in [0, 0.05) is 5.41 Å². The summed E-state index contributed by atoms with van der Waals surface area (Å²) >= 11 is 0. The van der Waals surface area contributed by atoms with Gasteiger partial charge in [0.1, 0.15) is 0 Å². The van der Waals surface area contributed by atoms with Crippen LogP contribution in [0.4, 0.5) is 0 Å². The predicted molar refractivity (Wildman–Crippen MR) is 45.6 cm³/mol. The van der Waals surface area contributed by atoms with E-state index in [2.05, 4.69) is 5.18 Å². The topological polar surface area (TPSA) is 62.5 Å². The number of hydrogen-bond acceptors (Lipinski definition) is 4. The van der Waals surface area contributed by atoms with Gasteiger partial charge in [0.05, 0.1) is 19.1 Å². The Balaban J connectivity index is 2.27. The van der Waals surface area contributed by atoms with E-state index in [-0.39, 0.29) is 11.8 Å². The zero-order valence-electron chi connectivity index (χ0n) is 7.45. The quantitative estimate of drug-likeness (QED) is 0.610. The van der Waals surface area contributed by atoms with Gasteiger partial charge in [0.15, 0.2) is 0 Å². The molecule has 1 atom stereocenters. The molecular formula is C9H12N2O2. The number of ether oxygens (including phenoxy) is 1. The average molecular weight is 180 g/mol. The summed E-state index contributed by atoms with van der Waals surface area (Å²) in [4.78, 5) is 10.8. The Morgan fingerprint density at radius 3 is 2.69 bits per heavy atom. The van der Waals surface area contributed by atoms with E-state index >= 15 is 0 Å². The molecule has 1 saturated heterocycles. The molecule has 4 heteroatoms. The molecule has 1 aliphatic heterocycles. The van der Waals surface area contributed by atoms with Gasteiger partial charge in [-0.1, -0.05) is 6.42 Å². The first-order chi connectivity index (χ1) is 6.29. The second kappa shape index (κ2) is 2.78. The second-order valence-corrected chi connectivity index (χ2v) is 3.94. The van der Waals surface area contributed by atoms with Crippen LogP contribution in [0, 0.1) is 21.7 Å². The van der Waals surface area contributed by atoms with Crippen LogP contribution in [0.25, 0.3) is 0 Å². The molecule has 0 aromatic rings. The minimum Gasteiger partial charge on any atom is -0.349 e. The summed E-state index contributed by atoms with van der Waals surface area (Å²) in [5.74, 6) is 0. The smallest absolute Gasteiger partial charge is 0.218 e. The highest BCUT2D eigenvalue weighted by Crippen LogP contribution is 2.58. The Labute approximate surface area is 76.8 Å². The summed E-state index contributed by atoms with van der Waals surface area (Å²) < 4.78 is 5.39. The van der Waals surface area contributed by atoms with Crippen molar-refractivity contribution in [1.29, 1.82) is 5.26 Å². The highest BCUT2D eigenvalue weighted by atomic mass is 16.5. The van der Waals surface area contributed by atoms with Gasteiger partial charge in [-0.2, -0.15) is 5.26 Å². The van der Waals surface area contributed by atoms with Gasteiger partial charge in [-0.25, -0.2) is 0 Å². The van der Waals surface area contributed by atoms with Crippen LogP contribution < -0.4 is 0 Å². The number of hydrogen-bond donors (Lipinski definition) is 0. The molecule has 0 N–H and O–H groups in total. The van der Waals surface area contributed by atoms with Gasteiger partial charge in [0.25, 0.3) is 0 Å². The van der Waals surface area contributed by atoms with E-state index in [9.17, 15) is 4.91 Å². The summed E-state index contributed by atoms with van der Waals surface area (Å²) in [7, 11) is 0. The number of nitriles is 1. The predicted octanol–water partition coefficient (Wildman–Crippen LogP) is 1.95. The lowest BCUT2D eigenvalue weighted by atomic mass is 9.61. The summed E-state index contributed by atoms with van der Waals surface area (Å²) in [6.45, 7) is 0.577. The SMILES string of the molecule is N#CCC1(N=O)OCCC12CCC2. The monoisotopic (exact) mass is 180 g/mol. The molecule has 1 heterocycles. The number of rotatable bonds is 2. The summed E-state index contributed by atoms with van der Waals surface area (Å²) in [6.07, 6.45) is 4.10. The number of nitroso groups, excluding NO2 is 1. The first kappa shape index (κ1) is 8.64. The van der Waals surface area contributed by atoms with E-state index in [0.717, 1.165) is 25.7 Å². The zero-order valence-corrected chi connectivity index (χ0v) is 7.45. The van der Waals surface area contributed by atoms with Crippen LogP contribution in [0.3, 0.4) is 0 Å². The lowest BCUT2D eigenvalue weighted by Gasteiger charge is -2.45. The van der Waals surface area contributed by atoms with Gasteiger partial charge < -0.3 is 4.74 Å². The highest BCUT2D eigenvalue weighted by molar-refractivity contribution is 5.09. The third-order valence-corrected chi connectivity index (χ3v) is 3.53. The van der Waals surface area contributed by atoms with Crippen LogP contribution in [0.1, 0.15) is 32.1 Å². The normalized spacial score (nSPS) is 35.3. The Morgan fingerprint density at radius 2 is 2.23 bits per heavy atom. The molecule has 2 rings (SSSR count). The van der Waals surface area contributed by atoms with Crippen molar-refractivity contribution in [3.05, 3.63) is 4.91 Å². The minimum atomic E-state index is -1.01. The maximum absolute atomic E-state index is 10.8. The summed E-state index contributed by atoms with van der Waals surface area (Å²) in [6, 6.07) is 2.01. The van der Waals surface area contributed by atoms with Crippen molar-refractivity contribution >= 4 is 0 Å². The van der Waals surface area contributed by atoms with Crippen LogP contribution in [-0.4, -0.2) is 12.3 Å².